The predicted molar refractivity (Wildman–Crippen MR) is 108 cm³/mol. The molecule has 0 bridgehead atoms. The maximum absolute atomic E-state index is 12.8. The van der Waals surface area contributed by atoms with Gasteiger partial charge in [-0.1, -0.05) is 52.0 Å². The van der Waals surface area contributed by atoms with Crippen molar-refractivity contribution < 1.29 is 14.3 Å². The van der Waals surface area contributed by atoms with Gasteiger partial charge >= 0.3 is 0 Å². The molecule has 2 N–H and O–H groups in total. The molecule has 144 valence electrons. The van der Waals surface area contributed by atoms with Gasteiger partial charge in [0.05, 0.1) is 12.7 Å². The minimum absolute atomic E-state index is 0.0723. The summed E-state index contributed by atoms with van der Waals surface area (Å²) in [6.07, 6.45) is 0. The highest BCUT2D eigenvalue weighted by Gasteiger charge is 2.26. The van der Waals surface area contributed by atoms with Gasteiger partial charge in [0.2, 0.25) is 5.91 Å². The van der Waals surface area contributed by atoms with Crippen molar-refractivity contribution >= 4 is 17.5 Å². The first-order chi connectivity index (χ1) is 12.8. The molecule has 0 saturated heterocycles. The van der Waals surface area contributed by atoms with E-state index in [1.165, 1.54) is 7.11 Å². The van der Waals surface area contributed by atoms with Gasteiger partial charge in [-0.05, 0) is 41.7 Å². The SMILES string of the molecule is COc1ccccc1C(=O)N[C@H](C(=O)Nc1cccc(C(C)C)c1)C(C)C. The van der Waals surface area contributed by atoms with Crippen LogP contribution in [0.25, 0.3) is 0 Å². The fourth-order valence-corrected chi connectivity index (χ4v) is 2.78. The third-order valence-electron chi connectivity index (χ3n) is 4.41. The Balaban J connectivity index is 2.15. The second-order valence-electron chi connectivity index (χ2n) is 7.16. The average molecular weight is 368 g/mol. The molecule has 0 aliphatic carbocycles. The topological polar surface area (TPSA) is 67.4 Å². The molecule has 0 radical (unpaired) electrons. The number of carbonyl (C=O) groups excluding carboxylic acids is 2. The van der Waals surface area contributed by atoms with Crippen LogP contribution < -0.4 is 15.4 Å². The summed E-state index contributed by atoms with van der Waals surface area (Å²) in [6.45, 7) is 8.01. The molecule has 0 aliphatic rings. The van der Waals surface area contributed by atoms with Crippen LogP contribution in [0.4, 0.5) is 5.69 Å². The molecule has 1 atom stereocenters. The first kappa shape index (κ1) is 20.5. The van der Waals surface area contributed by atoms with E-state index >= 15 is 0 Å². The first-order valence-corrected chi connectivity index (χ1v) is 9.18. The summed E-state index contributed by atoms with van der Waals surface area (Å²) in [5.74, 6) is 0.193. The second kappa shape index (κ2) is 9.21. The molecule has 0 aliphatic heterocycles. The monoisotopic (exact) mass is 368 g/mol. The number of anilines is 1. The van der Waals surface area contributed by atoms with Gasteiger partial charge in [-0.2, -0.15) is 0 Å². The van der Waals surface area contributed by atoms with Crippen LogP contribution in [0, 0.1) is 5.92 Å². The lowest BCUT2D eigenvalue weighted by Gasteiger charge is -2.22. The second-order valence-corrected chi connectivity index (χ2v) is 7.16. The van der Waals surface area contributed by atoms with Crippen LogP contribution in [0.1, 0.15) is 49.5 Å². The Morgan fingerprint density at radius 2 is 1.67 bits per heavy atom. The Morgan fingerprint density at radius 3 is 2.30 bits per heavy atom. The number of hydrogen-bond acceptors (Lipinski definition) is 3. The number of para-hydroxylation sites is 1. The molecule has 2 rings (SSSR count). The molecule has 2 amide bonds. The van der Waals surface area contributed by atoms with Gasteiger partial charge in [0, 0.05) is 5.69 Å². The summed E-state index contributed by atoms with van der Waals surface area (Å²) in [4.78, 5) is 25.5. The molecular formula is C22H28N2O3. The Kier molecular flexibility index (Phi) is 6.99. The molecule has 5 heteroatoms. The zero-order valence-electron chi connectivity index (χ0n) is 16.6. The Morgan fingerprint density at radius 1 is 0.963 bits per heavy atom. The molecule has 2 aromatic rings. The normalized spacial score (nSPS) is 12.0. The molecule has 2 aromatic carbocycles. The number of methoxy groups -OCH3 is 1. The zero-order chi connectivity index (χ0) is 20.0. The van der Waals surface area contributed by atoms with Gasteiger partial charge < -0.3 is 15.4 Å². The van der Waals surface area contributed by atoms with Crippen molar-refractivity contribution in [2.24, 2.45) is 5.92 Å². The number of ether oxygens (including phenoxy) is 1. The highest BCUT2D eigenvalue weighted by molar-refractivity contribution is 6.02. The van der Waals surface area contributed by atoms with Crippen LogP contribution >= 0.6 is 0 Å². The Labute approximate surface area is 161 Å². The molecule has 0 fully saturated rings. The standard InChI is InChI=1S/C22H28N2O3/c1-14(2)16-9-8-10-17(13-16)23-22(26)20(15(3)4)24-21(25)18-11-6-7-12-19(18)27-5/h6-15,20H,1-5H3,(H,23,26)(H,24,25)/t20-/m0/s1. The fraction of sp³-hybridized carbons (Fsp3) is 0.364. The molecule has 0 unspecified atom stereocenters. The largest absolute Gasteiger partial charge is 0.496 e. The number of amides is 2. The molecule has 0 aromatic heterocycles. The van der Waals surface area contributed by atoms with Crippen LogP contribution in [-0.2, 0) is 4.79 Å². The lowest BCUT2D eigenvalue weighted by atomic mass is 10.0. The van der Waals surface area contributed by atoms with Crippen LogP contribution in [-0.4, -0.2) is 25.0 Å². The highest BCUT2D eigenvalue weighted by atomic mass is 16.5. The summed E-state index contributed by atoms with van der Waals surface area (Å²) in [5.41, 5.74) is 2.27. The first-order valence-electron chi connectivity index (χ1n) is 9.18. The van der Waals surface area contributed by atoms with E-state index in [9.17, 15) is 9.59 Å². The maximum atomic E-state index is 12.8. The lowest BCUT2D eigenvalue weighted by Crippen LogP contribution is -2.47. The Hall–Kier alpha value is -2.82. The number of benzene rings is 2. The summed E-state index contributed by atoms with van der Waals surface area (Å²) in [5, 5.41) is 5.75. The average Bonchev–Trinajstić information content (AvgIpc) is 2.65. The van der Waals surface area contributed by atoms with Crippen molar-refractivity contribution in [2.45, 2.75) is 39.7 Å². The Bertz CT molecular complexity index is 800. The van der Waals surface area contributed by atoms with Gasteiger partial charge in [-0.15, -0.1) is 0 Å². The molecule has 0 heterocycles. The van der Waals surface area contributed by atoms with Crippen LogP contribution in [0.5, 0.6) is 5.75 Å². The number of carbonyl (C=O) groups is 2. The van der Waals surface area contributed by atoms with Crippen molar-refractivity contribution in [2.75, 3.05) is 12.4 Å². The quantitative estimate of drug-likeness (QED) is 0.769. The van der Waals surface area contributed by atoms with Crippen molar-refractivity contribution in [1.82, 2.24) is 5.32 Å². The van der Waals surface area contributed by atoms with E-state index < -0.39 is 6.04 Å². The third kappa shape index (κ3) is 5.33. The van der Waals surface area contributed by atoms with Gasteiger partial charge in [0.1, 0.15) is 11.8 Å². The minimum Gasteiger partial charge on any atom is -0.496 e. The van der Waals surface area contributed by atoms with E-state index in [0.29, 0.717) is 17.2 Å². The van der Waals surface area contributed by atoms with Crippen molar-refractivity contribution in [1.29, 1.82) is 0 Å². The molecular weight excluding hydrogens is 340 g/mol. The molecule has 27 heavy (non-hydrogen) atoms. The molecule has 0 spiro atoms. The van der Waals surface area contributed by atoms with E-state index in [1.807, 2.05) is 38.1 Å². The summed E-state index contributed by atoms with van der Waals surface area (Å²) in [7, 11) is 1.51. The van der Waals surface area contributed by atoms with Gasteiger partial charge in [0.15, 0.2) is 0 Å². The maximum Gasteiger partial charge on any atom is 0.255 e. The summed E-state index contributed by atoms with van der Waals surface area (Å²) in [6, 6.07) is 14.1. The van der Waals surface area contributed by atoms with Crippen LogP contribution in [0.15, 0.2) is 48.5 Å². The van der Waals surface area contributed by atoms with Gasteiger partial charge in [0.25, 0.3) is 5.91 Å². The van der Waals surface area contributed by atoms with E-state index in [2.05, 4.69) is 24.5 Å². The predicted octanol–water partition coefficient (Wildman–Crippen LogP) is 4.21. The van der Waals surface area contributed by atoms with E-state index in [0.717, 1.165) is 11.3 Å². The minimum atomic E-state index is -0.662. The van der Waals surface area contributed by atoms with Crippen LogP contribution in [0.2, 0.25) is 0 Å². The van der Waals surface area contributed by atoms with E-state index in [1.54, 1.807) is 24.3 Å². The smallest absolute Gasteiger partial charge is 0.255 e. The number of rotatable bonds is 7. The van der Waals surface area contributed by atoms with Crippen molar-refractivity contribution in [3.63, 3.8) is 0 Å². The summed E-state index contributed by atoms with van der Waals surface area (Å²) >= 11 is 0. The fourth-order valence-electron chi connectivity index (χ4n) is 2.78. The van der Waals surface area contributed by atoms with Gasteiger partial charge in [-0.3, -0.25) is 9.59 Å². The number of hydrogen-bond donors (Lipinski definition) is 2. The van der Waals surface area contributed by atoms with E-state index in [-0.39, 0.29) is 17.7 Å². The number of nitrogens with one attached hydrogen (secondary N) is 2. The van der Waals surface area contributed by atoms with Crippen molar-refractivity contribution in [3.05, 3.63) is 59.7 Å². The lowest BCUT2D eigenvalue weighted by molar-refractivity contribution is -0.118. The van der Waals surface area contributed by atoms with Crippen LogP contribution in [0.3, 0.4) is 0 Å². The molecule has 0 saturated carbocycles. The van der Waals surface area contributed by atoms with Crippen molar-refractivity contribution in [3.8, 4) is 5.75 Å². The van der Waals surface area contributed by atoms with Gasteiger partial charge in [-0.25, -0.2) is 0 Å². The third-order valence-corrected chi connectivity index (χ3v) is 4.41. The summed E-state index contributed by atoms with van der Waals surface area (Å²) < 4.78 is 5.24. The highest BCUT2D eigenvalue weighted by Crippen LogP contribution is 2.20. The van der Waals surface area contributed by atoms with E-state index in [4.69, 9.17) is 4.74 Å². The zero-order valence-corrected chi connectivity index (χ0v) is 16.6. The molecule has 5 nitrogen and oxygen atoms in total.